The van der Waals surface area contributed by atoms with Gasteiger partial charge in [0.05, 0.1) is 24.0 Å². The maximum Gasteiger partial charge on any atom is 0.357 e. The van der Waals surface area contributed by atoms with E-state index in [-0.39, 0.29) is 43.5 Å². The Kier molecular flexibility index (Phi) is 6.56. The Balaban J connectivity index is 1.36. The Bertz CT molecular complexity index is 1400. The van der Waals surface area contributed by atoms with Gasteiger partial charge in [0.25, 0.3) is 0 Å². The van der Waals surface area contributed by atoms with Crippen molar-refractivity contribution in [3.63, 3.8) is 0 Å². The summed E-state index contributed by atoms with van der Waals surface area (Å²) in [6.45, 7) is 1.88. The third kappa shape index (κ3) is 3.90. The molecular formula is C31H33NO8. The summed E-state index contributed by atoms with van der Waals surface area (Å²) < 4.78 is 18.0. The van der Waals surface area contributed by atoms with Crippen LogP contribution in [0, 0.1) is 0 Å². The lowest BCUT2D eigenvalue weighted by atomic mass is 9.50. The number of likely N-dealkylation sites (tertiary alicyclic amines) is 1. The van der Waals surface area contributed by atoms with Gasteiger partial charge in [-0.25, -0.2) is 4.79 Å². The predicted octanol–water partition coefficient (Wildman–Crippen LogP) is 2.65. The lowest BCUT2D eigenvalue weighted by Crippen LogP contribution is -2.74. The second kappa shape index (κ2) is 9.83. The van der Waals surface area contributed by atoms with Crippen molar-refractivity contribution in [1.82, 2.24) is 4.90 Å². The number of carbonyl (C=O) groups excluding carboxylic acids is 3. The molecule has 1 fully saturated rings. The number of ketones is 1. The third-order valence-corrected chi connectivity index (χ3v) is 9.09. The van der Waals surface area contributed by atoms with E-state index in [1.165, 1.54) is 6.92 Å². The summed E-state index contributed by atoms with van der Waals surface area (Å²) in [4.78, 5) is 39.8. The zero-order valence-corrected chi connectivity index (χ0v) is 22.6. The van der Waals surface area contributed by atoms with Gasteiger partial charge < -0.3 is 34.1 Å². The first-order chi connectivity index (χ1) is 19.2. The summed E-state index contributed by atoms with van der Waals surface area (Å²) >= 11 is 0. The number of aliphatic hydroxyl groups is 2. The molecule has 2 aliphatic carbocycles. The molecule has 2 aliphatic heterocycles. The van der Waals surface area contributed by atoms with Crippen LogP contribution in [-0.4, -0.2) is 64.2 Å². The average Bonchev–Trinajstić information content (AvgIpc) is 3.30. The molecule has 2 bridgehead atoms. The van der Waals surface area contributed by atoms with E-state index in [1.807, 2.05) is 19.2 Å². The van der Waals surface area contributed by atoms with Crippen molar-refractivity contribution in [2.75, 3.05) is 13.6 Å². The van der Waals surface area contributed by atoms with E-state index in [9.17, 15) is 24.6 Å². The highest BCUT2D eigenvalue weighted by molar-refractivity contribution is 5.84. The van der Waals surface area contributed by atoms with Crippen LogP contribution in [0.5, 0.6) is 5.75 Å². The molecule has 9 heteroatoms. The number of likely N-dealkylation sites (N-methyl/N-ethyl adjacent to an activating group) is 1. The van der Waals surface area contributed by atoms with Gasteiger partial charge >= 0.3 is 11.9 Å². The van der Waals surface area contributed by atoms with E-state index in [2.05, 4.69) is 4.90 Å². The van der Waals surface area contributed by atoms with E-state index < -0.39 is 35.2 Å². The molecule has 6 rings (SSSR count). The maximum absolute atomic E-state index is 13.7. The Labute approximate surface area is 232 Å². The summed E-state index contributed by atoms with van der Waals surface area (Å²) in [6.07, 6.45) is 0.917. The highest BCUT2D eigenvalue weighted by atomic mass is 16.6. The summed E-state index contributed by atoms with van der Waals surface area (Å²) in [5, 5.41) is 22.4. The number of aliphatic hydroxyl groups excluding tert-OH is 1. The smallest absolute Gasteiger partial charge is 0.357 e. The number of rotatable bonds is 8. The molecule has 40 heavy (non-hydrogen) atoms. The van der Waals surface area contributed by atoms with Crippen LogP contribution in [-0.2, 0) is 42.3 Å². The van der Waals surface area contributed by atoms with Crippen molar-refractivity contribution < 1.29 is 38.8 Å². The highest BCUT2D eigenvalue weighted by Gasteiger charge is 2.72. The molecule has 2 heterocycles. The molecule has 0 aromatic heterocycles. The van der Waals surface area contributed by atoms with Crippen LogP contribution in [0.3, 0.4) is 0 Å². The van der Waals surface area contributed by atoms with Crippen LogP contribution in [0.4, 0.5) is 0 Å². The number of esters is 2. The minimum Gasteiger partial charge on any atom is -0.481 e. The van der Waals surface area contributed by atoms with Gasteiger partial charge in [-0.2, -0.15) is 0 Å². The Morgan fingerprint density at radius 3 is 2.65 bits per heavy atom. The first-order valence-corrected chi connectivity index (χ1v) is 13.7. The summed E-state index contributed by atoms with van der Waals surface area (Å²) in [7, 11) is 2.01. The van der Waals surface area contributed by atoms with Crippen molar-refractivity contribution >= 4 is 17.7 Å². The summed E-state index contributed by atoms with van der Waals surface area (Å²) in [6, 6.07) is 12.3. The van der Waals surface area contributed by atoms with Gasteiger partial charge in [0.1, 0.15) is 17.3 Å². The third-order valence-electron chi connectivity index (χ3n) is 9.09. The van der Waals surface area contributed by atoms with Crippen molar-refractivity contribution in [1.29, 1.82) is 0 Å². The zero-order valence-electron chi connectivity index (χ0n) is 22.6. The van der Waals surface area contributed by atoms with Crippen LogP contribution in [0.2, 0.25) is 0 Å². The topological polar surface area (TPSA) is 123 Å². The van der Waals surface area contributed by atoms with E-state index in [0.29, 0.717) is 29.7 Å². The highest BCUT2D eigenvalue weighted by Crippen LogP contribution is 2.64. The average molecular weight is 548 g/mol. The van der Waals surface area contributed by atoms with E-state index in [1.54, 1.807) is 36.4 Å². The van der Waals surface area contributed by atoms with Gasteiger partial charge in [0, 0.05) is 35.6 Å². The fourth-order valence-corrected chi connectivity index (χ4v) is 7.15. The minimum absolute atomic E-state index is 0.0148. The number of Topliss-reactive ketones (excluding diaryl/α,β-unsaturated/α-hetero) is 1. The number of hydrogen-bond donors (Lipinski definition) is 2. The summed E-state index contributed by atoms with van der Waals surface area (Å²) in [5.41, 5.74) is 0.994. The number of ether oxygens (including phenoxy) is 3. The number of benzene rings is 2. The van der Waals surface area contributed by atoms with Gasteiger partial charge in [-0.3, -0.25) is 4.79 Å². The van der Waals surface area contributed by atoms with Crippen LogP contribution < -0.4 is 4.74 Å². The number of hydrogen-bond acceptors (Lipinski definition) is 9. The van der Waals surface area contributed by atoms with Crippen LogP contribution in [0.1, 0.15) is 61.0 Å². The van der Waals surface area contributed by atoms with Crippen molar-refractivity contribution in [2.24, 2.45) is 0 Å². The lowest BCUT2D eigenvalue weighted by Gasteiger charge is -2.61. The zero-order chi connectivity index (χ0) is 28.2. The minimum atomic E-state index is -1.34. The molecule has 1 spiro atoms. The van der Waals surface area contributed by atoms with Gasteiger partial charge in [-0.1, -0.05) is 42.5 Å². The maximum atomic E-state index is 13.7. The van der Waals surface area contributed by atoms with E-state index >= 15 is 0 Å². The first-order valence-electron chi connectivity index (χ1n) is 13.7. The van der Waals surface area contributed by atoms with Crippen molar-refractivity contribution in [3.8, 4) is 5.75 Å². The summed E-state index contributed by atoms with van der Waals surface area (Å²) in [5.74, 6) is -0.827. The van der Waals surface area contributed by atoms with Gasteiger partial charge in [-0.05, 0) is 45.0 Å². The second-order valence-electron chi connectivity index (χ2n) is 11.3. The van der Waals surface area contributed by atoms with Gasteiger partial charge in [0.2, 0.25) is 6.10 Å². The molecule has 2 aromatic carbocycles. The predicted molar refractivity (Wildman–Crippen MR) is 142 cm³/mol. The van der Waals surface area contributed by atoms with Crippen molar-refractivity contribution in [3.05, 3.63) is 76.6 Å². The quantitative estimate of drug-likeness (QED) is 0.480. The largest absolute Gasteiger partial charge is 0.481 e. The standard InChI is InChI=1S/C31H33NO8/c1-18(34)8-11-24(35)39-27(19-6-4-3-5-7-19)29(36)38-22-12-13-31(37)23-16-20-9-10-21(17-33)26-25(20)30(31,28(22)40-26)14-15-32(23)2/h3-7,9-10,12,23,27-28,33,37H,8,11,13-17H2,1-2H3/t23-,27+,28+,30+,31-/m1/s1. The molecular weight excluding hydrogens is 514 g/mol. The first kappa shape index (κ1) is 26.7. The van der Waals surface area contributed by atoms with Gasteiger partial charge in [0.15, 0.2) is 6.10 Å². The van der Waals surface area contributed by atoms with E-state index in [0.717, 1.165) is 17.7 Å². The Morgan fingerprint density at radius 2 is 1.93 bits per heavy atom. The molecule has 0 amide bonds. The molecule has 5 atom stereocenters. The molecule has 2 aromatic rings. The SMILES string of the molecule is CC(=O)CCC(=O)O[C@H](C(=O)OC1=CC[C@@]2(O)[C@H]3Cc4ccc(CO)c5c4[C@@]2(CCN3C)[C@H]1O5)c1ccccc1. The Hall–Kier alpha value is -3.53. The monoisotopic (exact) mass is 547 g/mol. The van der Waals surface area contributed by atoms with Crippen LogP contribution in [0.15, 0.2) is 54.3 Å². The van der Waals surface area contributed by atoms with Gasteiger partial charge in [-0.15, -0.1) is 0 Å². The number of carbonyl (C=O) groups is 3. The van der Waals surface area contributed by atoms with Crippen LogP contribution in [0.25, 0.3) is 0 Å². The van der Waals surface area contributed by atoms with E-state index in [4.69, 9.17) is 14.2 Å². The van der Waals surface area contributed by atoms with Crippen molar-refractivity contribution in [2.45, 2.75) is 74.9 Å². The molecule has 9 nitrogen and oxygen atoms in total. The molecule has 0 saturated carbocycles. The number of piperidine rings is 1. The fraction of sp³-hybridized carbons (Fsp3) is 0.452. The molecule has 0 radical (unpaired) electrons. The number of nitrogens with zero attached hydrogens (tertiary/aromatic N) is 1. The second-order valence-corrected chi connectivity index (χ2v) is 11.3. The molecule has 2 N–H and O–H groups in total. The molecule has 1 saturated heterocycles. The van der Waals surface area contributed by atoms with Crippen LogP contribution >= 0.6 is 0 Å². The molecule has 0 unspecified atom stereocenters. The fourth-order valence-electron chi connectivity index (χ4n) is 7.15. The molecule has 4 aliphatic rings. The molecule has 210 valence electrons. The lowest BCUT2D eigenvalue weighted by molar-refractivity contribution is -0.176. The Morgan fingerprint density at radius 1 is 1.15 bits per heavy atom. The normalized spacial score (nSPS) is 28.6.